The summed E-state index contributed by atoms with van der Waals surface area (Å²) in [5.41, 5.74) is -1.31. The van der Waals surface area contributed by atoms with E-state index >= 15 is 0 Å². The fraction of sp³-hybridized carbons (Fsp3) is 0.333. The van der Waals surface area contributed by atoms with Crippen LogP contribution < -0.4 is 0 Å². The number of halogens is 4. The molecule has 1 aromatic carbocycles. The van der Waals surface area contributed by atoms with Crippen LogP contribution >= 0.6 is 0 Å². The first-order valence-corrected chi connectivity index (χ1v) is 4.28. The van der Waals surface area contributed by atoms with Gasteiger partial charge in [-0.3, -0.25) is 10.1 Å². The maximum absolute atomic E-state index is 12.8. The fourth-order valence-corrected chi connectivity index (χ4v) is 1.17. The van der Waals surface area contributed by atoms with Gasteiger partial charge in [-0.1, -0.05) is 6.07 Å². The Kier molecular flexibility index (Phi) is 3.46. The Balaban J connectivity index is 2.94. The first-order chi connectivity index (χ1) is 7.30. The average molecular weight is 237 g/mol. The van der Waals surface area contributed by atoms with Crippen LogP contribution in [0, 0.1) is 15.9 Å². The van der Waals surface area contributed by atoms with Gasteiger partial charge in [0.05, 0.1) is 5.56 Å². The van der Waals surface area contributed by atoms with Crippen molar-refractivity contribution in [3.63, 3.8) is 0 Å². The van der Waals surface area contributed by atoms with Gasteiger partial charge < -0.3 is 0 Å². The molecule has 1 aromatic rings. The third kappa shape index (κ3) is 3.18. The molecule has 0 saturated heterocycles. The zero-order chi connectivity index (χ0) is 12.3. The van der Waals surface area contributed by atoms with E-state index in [1.165, 1.54) is 0 Å². The molecule has 0 unspecified atom stereocenters. The lowest BCUT2D eigenvalue weighted by atomic mass is 10.1. The van der Waals surface area contributed by atoms with Crippen LogP contribution in [0.4, 0.5) is 17.6 Å². The number of nitro groups is 1. The van der Waals surface area contributed by atoms with Gasteiger partial charge in [-0.2, -0.15) is 13.2 Å². The van der Waals surface area contributed by atoms with Crippen molar-refractivity contribution in [3.05, 3.63) is 45.3 Å². The molecule has 0 atom stereocenters. The smallest absolute Gasteiger partial charge is 0.265 e. The highest BCUT2D eigenvalue weighted by molar-refractivity contribution is 5.27. The number of benzene rings is 1. The van der Waals surface area contributed by atoms with Gasteiger partial charge in [0.15, 0.2) is 0 Å². The summed E-state index contributed by atoms with van der Waals surface area (Å²) in [6.07, 6.45) is -4.94. The SMILES string of the molecule is O=[N+]([O-])CCc1ccc(F)c(C(F)(F)F)c1. The predicted molar refractivity (Wildman–Crippen MR) is 47.0 cm³/mol. The Morgan fingerprint density at radius 2 is 1.94 bits per heavy atom. The Labute approximate surface area is 87.8 Å². The molecule has 7 heteroatoms. The second-order valence-corrected chi connectivity index (χ2v) is 3.12. The molecule has 3 nitrogen and oxygen atoms in total. The maximum atomic E-state index is 12.8. The highest BCUT2D eigenvalue weighted by Crippen LogP contribution is 2.31. The zero-order valence-electron chi connectivity index (χ0n) is 7.92. The van der Waals surface area contributed by atoms with Crippen molar-refractivity contribution in [2.45, 2.75) is 12.6 Å². The summed E-state index contributed by atoms with van der Waals surface area (Å²) >= 11 is 0. The number of rotatable bonds is 3. The van der Waals surface area contributed by atoms with Gasteiger partial charge in [-0.25, -0.2) is 4.39 Å². The summed E-state index contributed by atoms with van der Waals surface area (Å²) in [6.45, 7) is -0.483. The third-order valence-electron chi connectivity index (χ3n) is 1.92. The van der Waals surface area contributed by atoms with E-state index in [1.807, 2.05) is 0 Å². The van der Waals surface area contributed by atoms with Crippen molar-refractivity contribution in [2.75, 3.05) is 6.54 Å². The van der Waals surface area contributed by atoms with Crippen LogP contribution in [0.15, 0.2) is 18.2 Å². The van der Waals surface area contributed by atoms with E-state index < -0.39 is 29.0 Å². The normalized spacial score (nSPS) is 11.5. The molecule has 0 spiro atoms. The van der Waals surface area contributed by atoms with Crippen LogP contribution in [-0.2, 0) is 12.6 Å². The molecule has 0 aromatic heterocycles. The van der Waals surface area contributed by atoms with Crippen LogP contribution in [-0.4, -0.2) is 11.5 Å². The third-order valence-corrected chi connectivity index (χ3v) is 1.92. The molecule has 0 radical (unpaired) electrons. The minimum Gasteiger partial charge on any atom is -0.265 e. The van der Waals surface area contributed by atoms with Crippen molar-refractivity contribution in [1.82, 2.24) is 0 Å². The van der Waals surface area contributed by atoms with Crippen molar-refractivity contribution >= 4 is 0 Å². The minimum absolute atomic E-state index is 0.0884. The Bertz CT molecular complexity index is 403. The van der Waals surface area contributed by atoms with Crippen LogP contribution in [0.5, 0.6) is 0 Å². The second kappa shape index (κ2) is 4.46. The van der Waals surface area contributed by atoms with E-state index in [-0.39, 0.29) is 12.0 Å². The van der Waals surface area contributed by atoms with E-state index in [4.69, 9.17) is 0 Å². The summed E-state index contributed by atoms with van der Waals surface area (Å²) in [6, 6.07) is 2.37. The number of nitrogens with zero attached hydrogens (tertiary/aromatic N) is 1. The quantitative estimate of drug-likeness (QED) is 0.460. The predicted octanol–water partition coefficient (Wildman–Crippen LogP) is 2.66. The first kappa shape index (κ1) is 12.4. The number of hydrogen-bond donors (Lipinski definition) is 0. The van der Waals surface area contributed by atoms with Gasteiger partial charge in [0, 0.05) is 11.3 Å². The summed E-state index contributed by atoms with van der Waals surface area (Å²) in [5, 5.41) is 10.0. The molecular formula is C9H7F4NO2. The number of alkyl halides is 3. The molecule has 0 N–H and O–H groups in total. The van der Waals surface area contributed by atoms with Crippen LogP contribution in [0.25, 0.3) is 0 Å². The molecule has 0 heterocycles. The highest BCUT2D eigenvalue weighted by Gasteiger charge is 2.34. The molecule has 0 aliphatic rings. The molecule has 0 aliphatic carbocycles. The number of hydrogen-bond acceptors (Lipinski definition) is 2. The Morgan fingerprint density at radius 3 is 2.44 bits per heavy atom. The molecule has 0 saturated carbocycles. The molecule has 0 amide bonds. The monoisotopic (exact) mass is 237 g/mol. The van der Waals surface area contributed by atoms with Crippen molar-refractivity contribution in [2.24, 2.45) is 0 Å². The van der Waals surface area contributed by atoms with Gasteiger partial charge in [0.1, 0.15) is 5.82 Å². The fourth-order valence-electron chi connectivity index (χ4n) is 1.17. The van der Waals surface area contributed by atoms with Crippen molar-refractivity contribution < 1.29 is 22.5 Å². The molecule has 0 aliphatic heterocycles. The van der Waals surface area contributed by atoms with Crippen molar-refractivity contribution in [1.29, 1.82) is 0 Å². The van der Waals surface area contributed by atoms with Crippen molar-refractivity contribution in [3.8, 4) is 0 Å². The van der Waals surface area contributed by atoms with Gasteiger partial charge in [0.25, 0.3) is 0 Å². The second-order valence-electron chi connectivity index (χ2n) is 3.12. The average Bonchev–Trinajstić information content (AvgIpc) is 2.14. The van der Waals surface area contributed by atoms with E-state index in [1.54, 1.807) is 0 Å². The Hall–Kier alpha value is -1.66. The molecule has 1 rings (SSSR count). The van der Waals surface area contributed by atoms with Crippen LogP contribution in [0.1, 0.15) is 11.1 Å². The highest BCUT2D eigenvalue weighted by atomic mass is 19.4. The van der Waals surface area contributed by atoms with Crippen LogP contribution in [0.2, 0.25) is 0 Å². The summed E-state index contributed by atoms with van der Waals surface area (Å²) in [7, 11) is 0. The van der Waals surface area contributed by atoms with Crippen LogP contribution in [0.3, 0.4) is 0 Å². The largest absolute Gasteiger partial charge is 0.419 e. The Morgan fingerprint density at radius 1 is 1.31 bits per heavy atom. The summed E-state index contributed by atoms with van der Waals surface area (Å²) in [4.78, 5) is 9.39. The van der Waals surface area contributed by atoms with Gasteiger partial charge in [0.2, 0.25) is 6.54 Å². The van der Waals surface area contributed by atoms with E-state index in [9.17, 15) is 27.7 Å². The van der Waals surface area contributed by atoms with E-state index in [0.29, 0.717) is 12.1 Å². The molecule has 0 fully saturated rings. The zero-order valence-corrected chi connectivity index (χ0v) is 7.92. The van der Waals surface area contributed by atoms with Gasteiger partial charge in [-0.05, 0) is 17.7 Å². The lowest BCUT2D eigenvalue weighted by molar-refractivity contribution is -0.479. The molecule has 0 bridgehead atoms. The van der Waals surface area contributed by atoms with E-state index in [0.717, 1.165) is 6.07 Å². The molecule has 88 valence electrons. The van der Waals surface area contributed by atoms with Gasteiger partial charge >= 0.3 is 6.18 Å². The summed E-state index contributed by atoms with van der Waals surface area (Å²) < 4.78 is 49.6. The standard InChI is InChI=1S/C9H7F4NO2/c10-8-2-1-6(3-4-14(15)16)5-7(8)9(11,12)13/h1-2,5H,3-4H2. The molecule has 16 heavy (non-hydrogen) atoms. The first-order valence-electron chi connectivity index (χ1n) is 4.28. The topological polar surface area (TPSA) is 43.1 Å². The lowest BCUT2D eigenvalue weighted by Gasteiger charge is -2.09. The van der Waals surface area contributed by atoms with E-state index in [2.05, 4.69) is 0 Å². The summed E-state index contributed by atoms with van der Waals surface area (Å²) in [5.74, 6) is -1.38. The minimum atomic E-state index is -4.78. The maximum Gasteiger partial charge on any atom is 0.419 e. The molecular weight excluding hydrogens is 230 g/mol. The lowest BCUT2D eigenvalue weighted by Crippen LogP contribution is -2.10. The van der Waals surface area contributed by atoms with Gasteiger partial charge in [-0.15, -0.1) is 0 Å².